The molecule has 0 saturated carbocycles. The molecule has 1 N–H and O–H groups in total. The molecule has 0 aromatic heterocycles. The second kappa shape index (κ2) is 11.8. The maximum atomic E-state index is 13.9. The third-order valence-electron chi connectivity index (χ3n) is 6.55. The van der Waals surface area contributed by atoms with Gasteiger partial charge >= 0.3 is 12.1 Å². The van der Waals surface area contributed by atoms with Gasteiger partial charge in [0.25, 0.3) is 8.32 Å². The van der Waals surface area contributed by atoms with Crippen molar-refractivity contribution in [3.63, 3.8) is 0 Å². The van der Waals surface area contributed by atoms with Crippen LogP contribution in [0.25, 0.3) is 0 Å². The number of nitrogens with one attached hydrogen (secondary N) is 1. The van der Waals surface area contributed by atoms with Crippen LogP contribution < -0.4 is 5.32 Å². The van der Waals surface area contributed by atoms with Crippen LogP contribution in [0, 0.1) is 0 Å². The molecule has 2 aromatic rings. The first kappa shape index (κ1) is 29.8. The molecule has 0 aliphatic carbocycles. The first-order valence-electron chi connectivity index (χ1n) is 12.8. The molecule has 0 bridgehead atoms. The highest BCUT2D eigenvalue weighted by atomic mass is 28.4. The van der Waals surface area contributed by atoms with Gasteiger partial charge in [-0.05, 0) is 26.9 Å². The van der Waals surface area contributed by atoms with E-state index < -0.39 is 28.5 Å². The summed E-state index contributed by atoms with van der Waals surface area (Å²) in [5, 5.41) is 2.47. The minimum Gasteiger partial charge on any atom is -0.517 e. The van der Waals surface area contributed by atoms with Crippen LogP contribution in [-0.4, -0.2) is 34.5 Å². The zero-order chi connectivity index (χ0) is 27.2. The molecule has 0 saturated heterocycles. The normalized spacial score (nSPS) is 13.6. The summed E-state index contributed by atoms with van der Waals surface area (Å²) < 4.78 is 12.2. The summed E-state index contributed by atoms with van der Waals surface area (Å²) in [5.41, 5.74) is 2.79. The Hall–Kier alpha value is -2.39. The highest BCUT2D eigenvalue weighted by molar-refractivity contribution is 6.96. The van der Waals surface area contributed by atoms with Gasteiger partial charge in [-0.25, -0.2) is 4.79 Å². The summed E-state index contributed by atoms with van der Waals surface area (Å²) in [6.45, 7) is 20.3. The van der Waals surface area contributed by atoms with E-state index in [1.54, 1.807) is 0 Å². The van der Waals surface area contributed by atoms with Crippen molar-refractivity contribution in [2.75, 3.05) is 0 Å². The highest BCUT2D eigenvalue weighted by Gasteiger charge is 2.59. The monoisotopic (exact) mass is 527 g/mol. The van der Waals surface area contributed by atoms with E-state index in [0.29, 0.717) is 6.42 Å². The van der Waals surface area contributed by atoms with Gasteiger partial charge in [-0.3, -0.25) is 4.79 Å². The van der Waals surface area contributed by atoms with Crippen molar-refractivity contribution in [3.8, 4) is 0 Å². The second-order valence-corrected chi connectivity index (χ2v) is 24.3. The minimum absolute atomic E-state index is 0.137. The van der Waals surface area contributed by atoms with Gasteiger partial charge in [0.2, 0.25) is 0 Å². The SMILES string of the molecule is CC(C)(C)[Si](C[Si](C)(C)C)(OC(=O)[C@H](Cc1ccccc1)NC(=O)OCc1ccccc1)C(C)(C)C. The van der Waals surface area contributed by atoms with Gasteiger partial charge in [-0.15, -0.1) is 0 Å². The average Bonchev–Trinajstić information content (AvgIpc) is 2.75. The van der Waals surface area contributed by atoms with Crippen molar-refractivity contribution in [2.24, 2.45) is 0 Å². The molecule has 0 radical (unpaired) electrons. The van der Waals surface area contributed by atoms with E-state index in [2.05, 4.69) is 66.5 Å². The van der Waals surface area contributed by atoms with Crippen LogP contribution in [0.15, 0.2) is 60.7 Å². The lowest BCUT2D eigenvalue weighted by atomic mass is 10.1. The Labute approximate surface area is 220 Å². The Bertz CT molecular complexity index is 976. The van der Waals surface area contributed by atoms with Crippen molar-refractivity contribution >= 4 is 28.5 Å². The summed E-state index contributed by atoms with van der Waals surface area (Å²) in [6.07, 6.45) is -0.285. The summed E-state index contributed by atoms with van der Waals surface area (Å²) in [7, 11) is -4.28. The van der Waals surface area contributed by atoms with Crippen molar-refractivity contribution in [3.05, 3.63) is 71.8 Å². The molecular weight excluding hydrogens is 482 g/mol. The number of carbonyl (C=O) groups is 2. The fraction of sp³-hybridized carbons (Fsp3) is 0.517. The van der Waals surface area contributed by atoms with Gasteiger partial charge in [-0.2, -0.15) is 0 Å². The molecule has 2 rings (SSSR count). The van der Waals surface area contributed by atoms with E-state index >= 15 is 0 Å². The van der Waals surface area contributed by atoms with E-state index in [1.165, 1.54) is 0 Å². The maximum Gasteiger partial charge on any atom is 0.408 e. The third kappa shape index (κ3) is 8.34. The minimum atomic E-state index is -2.68. The number of hydrogen-bond donors (Lipinski definition) is 1. The Morgan fingerprint density at radius 1 is 0.806 bits per heavy atom. The molecule has 2 aromatic carbocycles. The van der Waals surface area contributed by atoms with Gasteiger partial charge in [0, 0.05) is 14.5 Å². The lowest BCUT2D eigenvalue weighted by molar-refractivity contribution is -0.138. The second-order valence-electron chi connectivity index (χ2n) is 12.9. The molecule has 5 nitrogen and oxygen atoms in total. The molecule has 0 fully saturated rings. The van der Waals surface area contributed by atoms with Crippen LogP contribution in [0.3, 0.4) is 0 Å². The van der Waals surface area contributed by atoms with Crippen LogP contribution >= 0.6 is 0 Å². The van der Waals surface area contributed by atoms with Crippen molar-refractivity contribution in [2.45, 2.75) is 96.0 Å². The van der Waals surface area contributed by atoms with E-state index in [9.17, 15) is 9.59 Å². The van der Waals surface area contributed by atoms with E-state index in [0.717, 1.165) is 16.8 Å². The largest absolute Gasteiger partial charge is 0.517 e. The van der Waals surface area contributed by atoms with Crippen LogP contribution in [-0.2, 0) is 27.0 Å². The van der Waals surface area contributed by atoms with Crippen LogP contribution in [0.5, 0.6) is 0 Å². The lowest BCUT2D eigenvalue weighted by Crippen LogP contribution is -2.61. The molecule has 36 heavy (non-hydrogen) atoms. The molecule has 0 spiro atoms. The molecule has 0 aliphatic rings. The van der Waals surface area contributed by atoms with E-state index in [1.807, 2.05) is 60.7 Å². The summed E-state index contributed by atoms with van der Waals surface area (Å²) in [4.78, 5) is 26.7. The van der Waals surface area contributed by atoms with E-state index in [-0.39, 0.29) is 22.7 Å². The molecule has 198 valence electrons. The third-order valence-corrected chi connectivity index (χ3v) is 18.2. The molecule has 1 atom stereocenters. The average molecular weight is 528 g/mol. The number of benzene rings is 2. The zero-order valence-corrected chi connectivity index (χ0v) is 25.6. The summed E-state index contributed by atoms with van der Waals surface area (Å²) in [6, 6.07) is 18.4. The van der Waals surface area contributed by atoms with Crippen LogP contribution in [0.1, 0.15) is 52.7 Å². The Morgan fingerprint density at radius 3 is 1.72 bits per heavy atom. The molecular formula is C29H45NO4Si2. The number of rotatable bonds is 9. The van der Waals surface area contributed by atoms with Crippen molar-refractivity contribution < 1.29 is 18.8 Å². The fourth-order valence-electron chi connectivity index (χ4n) is 4.94. The molecule has 7 heteroatoms. The molecule has 0 aliphatic heterocycles. The summed E-state index contributed by atoms with van der Waals surface area (Å²) in [5.74, 6) is -0.370. The predicted molar refractivity (Wildman–Crippen MR) is 153 cm³/mol. The van der Waals surface area contributed by atoms with Gasteiger partial charge in [0.05, 0.1) is 0 Å². The fourth-order valence-corrected chi connectivity index (χ4v) is 18.8. The van der Waals surface area contributed by atoms with Gasteiger partial charge in [0.1, 0.15) is 12.6 Å². The van der Waals surface area contributed by atoms with Gasteiger partial charge in [-0.1, -0.05) is 122 Å². The van der Waals surface area contributed by atoms with Crippen LogP contribution in [0.2, 0.25) is 35.4 Å². The predicted octanol–water partition coefficient (Wildman–Crippen LogP) is 7.49. The Kier molecular flexibility index (Phi) is 9.76. The highest BCUT2D eigenvalue weighted by Crippen LogP contribution is 2.55. The molecule has 0 heterocycles. The van der Waals surface area contributed by atoms with Gasteiger partial charge in [0.15, 0.2) is 0 Å². The smallest absolute Gasteiger partial charge is 0.408 e. The number of amides is 1. The molecule has 1 amide bonds. The standard InChI is InChI=1S/C29H45NO4Si2/c1-28(2,3)36(29(4,5)6,22-35(7,8)9)34-26(31)25(20-23-16-12-10-13-17-23)30-27(32)33-21-24-18-14-11-15-19-24/h10-19,25H,20-22H2,1-9H3,(H,30,32)/t25-/m0/s1. The summed E-state index contributed by atoms with van der Waals surface area (Å²) >= 11 is 0. The number of alkyl carbamates (subject to hydrolysis) is 1. The Balaban J connectivity index is 2.34. The van der Waals surface area contributed by atoms with Gasteiger partial charge < -0.3 is 14.5 Å². The zero-order valence-electron chi connectivity index (χ0n) is 23.6. The number of ether oxygens (including phenoxy) is 1. The van der Waals surface area contributed by atoms with Crippen molar-refractivity contribution in [1.29, 1.82) is 0 Å². The van der Waals surface area contributed by atoms with E-state index in [4.69, 9.17) is 9.16 Å². The lowest BCUT2D eigenvalue weighted by Gasteiger charge is -2.52. The molecule has 0 unspecified atom stereocenters. The maximum absolute atomic E-state index is 13.9. The number of carbonyl (C=O) groups excluding carboxylic acids is 2. The van der Waals surface area contributed by atoms with Crippen molar-refractivity contribution in [1.82, 2.24) is 5.32 Å². The number of hydrogen-bond acceptors (Lipinski definition) is 4. The first-order valence-corrected chi connectivity index (χ1v) is 18.6. The quantitative estimate of drug-likeness (QED) is 0.343. The van der Waals surface area contributed by atoms with Crippen LogP contribution in [0.4, 0.5) is 4.79 Å². The topological polar surface area (TPSA) is 64.6 Å². The Morgan fingerprint density at radius 2 is 1.28 bits per heavy atom. The first-order chi connectivity index (χ1) is 16.5.